The monoisotopic (exact) mass is 269 g/mol. The van der Waals surface area contributed by atoms with Crippen LogP contribution in [-0.4, -0.2) is 23.6 Å². The summed E-state index contributed by atoms with van der Waals surface area (Å²) in [6.07, 6.45) is -3.69. The minimum absolute atomic E-state index is 0.341. The van der Waals surface area contributed by atoms with E-state index in [2.05, 4.69) is 15.3 Å². The molecule has 0 radical (unpaired) electrons. The summed E-state index contributed by atoms with van der Waals surface area (Å²) in [6.45, 7) is 2.40. The summed E-state index contributed by atoms with van der Waals surface area (Å²) < 4.78 is 38.0. The quantitative estimate of drug-likeness (QED) is 0.931. The Labute approximate surface area is 108 Å². The van der Waals surface area contributed by atoms with Gasteiger partial charge < -0.3 is 5.32 Å². The van der Waals surface area contributed by atoms with Crippen LogP contribution in [0.15, 0.2) is 18.2 Å². The van der Waals surface area contributed by atoms with Crippen LogP contribution in [0.25, 0.3) is 10.9 Å². The molecule has 0 saturated heterocycles. The third kappa shape index (κ3) is 3.01. The van der Waals surface area contributed by atoms with Crippen molar-refractivity contribution in [3.63, 3.8) is 0 Å². The van der Waals surface area contributed by atoms with E-state index in [0.29, 0.717) is 29.7 Å². The highest BCUT2D eigenvalue weighted by Gasteiger charge is 2.30. The highest BCUT2D eigenvalue weighted by atomic mass is 19.4. The molecule has 0 aliphatic heterocycles. The van der Waals surface area contributed by atoms with Crippen molar-refractivity contribution in [2.45, 2.75) is 19.5 Å². The number of benzene rings is 1. The zero-order valence-corrected chi connectivity index (χ0v) is 10.7. The van der Waals surface area contributed by atoms with Gasteiger partial charge in [-0.25, -0.2) is 9.97 Å². The second-order valence-electron chi connectivity index (χ2n) is 4.30. The van der Waals surface area contributed by atoms with Crippen molar-refractivity contribution in [3.05, 3.63) is 35.3 Å². The Bertz CT molecular complexity index is 593. The number of alkyl halides is 3. The summed E-state index contributed by atoms with van der Waals surface area (Å²) >= 11 is 0. The van der Waals surface area contributed by atoms with Crippen molar-refractivity contribution >= 4 is 10.9 Å². The molecule has 6 heteroatoms. The Morgan fingerprint density at radius 3 is 2.58 bits per heavy atom. The fraction of sp³-hybridized carbons (Fsp3) is 0.385. The summed E-state index contributed by atoms with van der Waals surface area (Å²) in [7, 11) is 1.82. The van der Waals surface area contributed by atoms with Crippen LogP contribution in [0.5, 0.6) is 0 Å². The summed E-state index contributed by atoms with van der Waals surface area (Å²) in [6, 6.07) is 3.60. The number of halogens is 3. The van der Waals surface area contributed by atoms with Gasteiger partial charge in [0.15, 0.2) is 0 Å². The molecule has 1 aromatic carbocycles. The molecule has 0 fully saturated rings. The van der Waals surface area contributed by atoms with Gasteiger partial charge in [0.1, 0.15) is 5.82 Å². The maximum absolute atomic E-state index is 12.7. The van der Waals surface area contributed by atoms with E-state index in [9.17, 15) is 13.2 Å². The zero-order valence-electron chi connectivity index (χ0n) is 10.7. The minimum Gasteiger partial charge on any atom is -0.319 e. The van der Waals surface area contributed by atoms with Crippen molar-refractivity contribution in [2.75, 3.05) is 13.6 Å². The zero-order chi connectivity index (χ0) is 14.0. The second-order valence-corrected chi connectivity index (χ2v) is 4.30. The van der Waals surface area contributed by atoms with E-state index in [0.717, 1.165) is 17.8 Å². The number of likely N-dealkylation sites (N-methyl/N-ethyl adjacent to an activating group) is 1. The smallest absolute Gasteiger partial charge is 0.319 e. The molecule has 0 unspecified atom stereocenters. The van der Waals surface area contributed by atoms with Gasteiger partial charge in [0, 0.05) is 18.4 Å². The maximum atomic E-state index is 12.7. The number of fused-ring (bicyclic) bond motifs is 1. The molecule has 1 aromatic heterocycles. The molecule has 3 nitrogen and oxygen atoms in total. The Morgan fingerprint density at radius 1 is 1.21 bits per heavy atom. The average molecular weight is 269 g/mol. The first kappa shape index (κ1) is 13.7. The molecular formula is C13H14F3N3. The maximum Gasteiger partial charge on any atom is 0.416 e. The Hall–Kier alpha value is -1.69. The number of nitrogens with zero attached hydrogens (tertiary/aromatic N) is 2. The Balaban J connectivity index is 2.55. The molecule has 19 heavy (non-hydrogen) atoms. The first-order valence-corrected chi connectivity index (χ1v) is 5.91. The van der Waals surface area contributed by atoms with E-state index >= 15 is 0 Å². The predicted octanol–water partition coefficient (Wildman–Crippen LogP) is 2.72. The molecule has 0 amide bonds. The number of aryl methyl sites for hydroxylation is 1. The first-order chi connectivity index (χ1) is 8.91. The lowest BCUT2D eigenvalue weighted by molar-refractivity contribution is -0.137. The molecule has 0 spiro atoms. The average Bonchev–Trinajstić information content (AvgIpc) is 2.33. The van der Waals surface area contributed by atoms with Crippen LogP contribution in [0, 0.1) is 6.92 Å². The van der Waals surface area contributed by atoms with E-state index in [1.807, 2.05) is 7.05 Å². The SMILES string of the molecule is CNCCc1nc(C)nc2cc(C(F)(F)F)ccc12. The lowest BCUT2D eigenvalue weighted by Crippen LogP contribution is -2.12. The third-order valence-corrected chi connectivity index (χ3v) is 2.83. The van der Waals surface area contributed by atoms with E-state index in [-0.39, 0.29) is 0 Å². The van der Waals surface area contributed by atoms with Gasteiger partial charge in [0.25, 0.3) is 0 Å². The molecule has 0 bridgehead atoms. The molecule has 1 heterocycles. The second kappa shape index (κ2) is 5.13. The molecule has 0 aliphatic carbocycles. The minimum atomic E-state index is -4.35. The number of nitrogens with one attached hydrogen (secondary N) is 1. The van der Waals surface area contributed by atoms with Crippen LogP contribution in [0.3, 0.4) is 0 Å². The lowest BCUT2D eigenvalue weighted by atomic mass is 10.1. The first-order valence-electron chi connectivity index (χ1n) is 5.91. The van der Waals surface area contributed by atoms with Crippen LogP contribution < -0.4 is 5.32 Å². The van der Waals surface area contributed by atoms with Crippen molar-refractivity contribution in [2.24, 2.45) is 0 Å². The predicted molar refractivity (Wildman–Crippen MR) is 66.9 cm³/mol. The van der Waals surface area contributed by atoms with Crippen molar-refractivity contribution in [1.29, 1.82) is 0 Å². The van der Waals surface area contributed by atoms with Gasteiger partial charge in [0.2, 0.25) is 0 Å². The van der Waals surface area contributed by atoms with E-state index < -0.39 is 11.7 Å². The standard InChI is InChI=1S/C13H14F3N3/c1-8-18-11(5-6-17-2)10-4-3-9(13(14,15)16)7-12(10)19-8/h3-4,7,17H,5-6H2,1-2H3. The van der Waals surface area contributed by atoms with Gasteiger partial charge in [0.05, 0.1) is 16.8 Å². The van der Waals surface area contributed by atoms with Gasteiger partial charge in [-0.15, -0.1) is 0 Å². The summed E-state index contributed by atoms with van der Waals surface area (Å²) in [4.78, 5) is 8.39. The highest BCUT2D eigenvalue weighted by molar-refractivity contribution is 5.81. The third-order valence-electron chi connectivity index (χ3n) is 2.83. The van der Waals surface area contributed by atoms with Crippen LogP contribution >= 0.6 is 0 Å². The largest absolute Gasteiger partial charge is 0.416 e. The van der Waals surface area contributed by atoms with Gasteiger partial charge in [-0.3, -0.25) is 0 Å². The Morgan fingerprint density at radius 2 is 1.95 bits per heavy atom. The van der Waals surface area contributed by atoms with Gasteiger partial charge >= 0.3 is 6.18 Å². The fourth-order valence-electron chi connectivity index (χ4n) is 1.93. The van der Waals surface area contributed by atoms with Crippen LogP contribution in [-0.2, 0) is 12.6 Å². The van der Waals surface area contributed by atoms with Gasteiger partial charge in [-0.05, 0) is 26.1 Å². The van der Waals surface area contributed by atoms with E-state index in [4.69, 9.17) is 0 Å². The highest BCUT2D eigenvalue weighted by Crippen LogP contribution is 2.31. The van der Waals surface area contributed by atoms with E-state index in [1.165, 1.54) is 6.07 Å². The van der Waals surface area contributed by atoms with Crippen LogP contribution in [0.2, 0.25) is 0 Å². The van der Waals surface area contributed by atoms with Crippen molar-refractivity contribution < 1.29 is 13.2 Å². The topological polar surface area (TPSA) is 37.8 Å². The van der Waals surface area contributed by atoms with Crippen LogP contribution in [0.4, 0.5) is 13.2 Å². The molecule has 2 aromatic rings. The Kier molecular flexibility index (Phi) is 3.71. The van der Waals surface area contributed by atoms with E-state index in [1.54, 1.807) is 6.92 Å². The molecule has 1 N–H and O–H groups in total. The summed E-state index contributed by atoms with van der Waals surface area (Å²) in [5, 5.41) is 3.67. The summed E-state index contributed by atoms with van der Waals surface area (Å²) in [5.41, 5.74) is 0.427. The fourth-order valence-corrected chi connectivity index (χ4v) is 1.93. The molecular weight excluding hydrogens is 255 g/mol. The van der Waals surface area contributed by atoms with Gasteiger partial charge in [-0.2, -0.15) is 13.2 Å². The number of rotatable bonds is 3. The van der Waals surface area contributed by atoms with Crippen molar-refractivity contribution in [1.82, 2.24) is 15.3 Å². The molecule has 2 rings (SSSR count). The summed E-state index contributed by atoms with van der Waals surface area (Å²) in [5.74, 6) is 0.484. The number of hydrogen-bond acceptors (Lipinski definition) is 3. The lowest BCUT2D eigenvalue weighted by Gasteiger charge is -2.10. The molecule has 0 aliphatic rings. The molecule has 102 valence electrons. The number of aromatic nitrogens is 2. The molecule has 0 atom stereocenters. The van der Waals surface area contributed by atoms with Crippen LogP contribution in [0.1, 0.15) is 17.1 Å². The van der Waals surface area contributed by atoms with Crippen molar-refractivity contribution in [3.8, 4) is 0 Å². The van der Waals surface area contributed by atoms with Gasteiger partial charge in [-0.1, -0.05) is 6.07 Å². The number of hydrogen-bond donors (Lipinski definition) is 1. The normalized spacial score (nSPS) is 12.1. The molecule has 0 saturated carbocycles.